The number of ether oxygens (including phenoxy) is 1. The van der Waals surface area contributed by atoms with Gasteiger partial charge in [-0.25, -0.2) is 10.3 Å². The third kappa shape index (κ3) is 10.5. The van der Waals surface area contributed by atoms with Crippen LogP contribution >= 0.6 is 0 Å². The van der Waals surface area contributed by atoms with Crippen LogP contribution in [0.5, 0.6) is 0 Å². The highest BCUT2D eigenvalue weighted by atomic mass is 16.7. The molecule has 0 aliphatic heterocycles. The van der Waals surface area contributed by atoms with Gasteiger partial charge in [-0.2, -0.15) is 0 Å². The molecule has 4 N–H and O–H groups in total. The number of amides is 2. The Kier molecular flexibility index (Phi) is 10.9. The topological polar surface area (TPSA) is 103 Å². The second kappa shape index (κ2) is 13.6. The first-order chi connectivity index (χ1) is 15.8. The van der Waals surface area contributed by atoms with Crippen molar-refractivity contribution in [3.63, 3.8) is 0 Å². The number of alkyl carbamates (subject to hydrolysis) is 1. The van der Waals surface area contributed by atoms with E-state index in [2.05, 4.69) is 10.8 Å². The number of unbranched alkanes of at least 4 members (excludes halogenated alkanes) is 3. The van der Waals surface area contributed by atoms with Gasteiger partial charge in [0.2, 0.25) is 0 Å². The number of rotatable bonds is 12. The largest absolute Gasteiger partial charge is 0.444 e. The highest BCUT2D eigenvalue weighted by Crippen LogP contribution is 2.20. The molecule has 0 saturated carbocycles. The first kappa shape index (κ1) is 26.4. The van der Waals surface area contributed by atoms with Crippen LogP contribution in [0, 0.1) is 0 Å². The smallest absolute Gasteiger partial charge is 0.408 e. The lowest BCUT2D eigenvalue weighted by Crippen LogP contribution is -2.49. The van der Waals surface area contributed by atoms with Crippen LogP contribution in [0.2, 0.25) is 0 Å². The third-order valence-electron chi connectivity index (χ3n) is 4.88. The van der Waals surface area contributed by atoms with Gasteiger partial charge in [-0.05, 0) is 56.8 Å². The van der Waals surface area contributed by atoms with Crippen LogP contribution in [0.3, 0.4) is 0 Å². The van der Waals surface area contributed by atoms with Crippen molar-refractivity contribution in [1.29, 1.82) is 0 Å². The summed E-state index contributed by atoms with van der Waals surface area (Å²) in [6.07, 6.45) is 3.49. The van der Waals surface area contributed by atoms with Crippen molar-refractivity contribution in [2.75, 3.05) is 13.2 Å². The Morgan fingerprint density at radius 1 is 0.909 bits per heavy atom. The van der Waals surface area contributed by atoms with Crippen LogP contribution in [-0.2, 0) is 20.8 Å². The molecule has 1 atom stereocenters. The van der Waals surface area contributed by atoms with E-state index in [0.717, 1.165) is 42.4 Å². The quantitative estimate of drug-likeness (QED) is 0.326. The van der Waals surface area contributed by atoms with Gasteiger partial charge in [0.15, 0.2) is 0 Å². The van der Waals surface area contributed by atoms with Crippen molar-refractivity contribution < 1.29 is 19.2 Å². The summed E-state index contributed by atoms with van der Waals surface area (Å²) in [6, 6.07) is 17.1. The Morgan fingerprint density at radius 2 is 1.55 bits per heavy atom. The van der Waals surface area contributed by atoms with Crippen molar-refractivity contribution in [3.8, 4) is 11.1 Å². The van der Waals surface area contributed by atoms with Gasteiger partial charge in [0.25, 0.3) is 5.91 Å². The Hall–Kier alpha value is -2.90. The van der Waals surface area contributed by atoms with E-state index in [0.29, 0.717) is 19.6 Å². The number of carbonyl (C=O) groups excluding carboxylic acids is 2. The summed E-state index contributed by atoms with van der Waals surface area (Å²) in [6.45, 7) is 6.41. The molecule has 2 amide bonds. The van der Waals surface area contributed by atoms with Crippen molar-refractivity contribution in [3.05, 3.63) is 60.2 Å². The molecular formula is C26H37N3O4. The lowest BCUT2D eigenvalue weighted by molar-refractivity contribution is -0.135. The number of nitrogens with one attached hydrogen (secondary N) is 2. The molecule has 0 aliphatic carbocycles. The zero-order chi connectivity index (χ0) is 24.1. The monoisotopic (exact) mass is 455 g/mol. The predicted octanol–water partition coefficient (Wildman–Crippen LogP) is 4.36. The highest BCUT2D eigenvalue weighted by molar-refractivity contribution is 5.85. The van der Waals surface area contributed by atoms with E-state index in [1.165, 1.54) is 0 Å². The molecule has 0 spiro atoms. The standard InChI is InChI=1S/C26H37N3O4/c1-26(2,3)33-25(31)28-23(24(30)29-32-18-10-5-4-9-17-27)19-20-13-15-22(16-14-20)21-11-7-6-8-12-21/h6-8,11-16,23H,4-5,9-10,17-19,27H2,1-3H3,(H,28,31)(H,29,30)/t23-/m1/s1. The summed E-state index contributed by atoms with van der Waals surface area (Å²) in [5, 5.41) is 2.67. The van der Waals surface area contributed by atoms with Gasteiger partial charge in [-0.15, -0.1) is 0 Å². The number of carbonyl (C=O) groups is 2. The minimum Gasteiger partial charge on any atom is -0.444 e. The molecule has 33 heavy (non-hydrogen) atoms. The van der Waals surface area contributed by atoms with Gasteiger partial charge in [-0.3, -0.25) is 9.63 Å². The predicted molar refractivity (Wildman–Crippen MR) is 130 cm³/mol. The summed E-state index contributed by atoms with van der Waals surface area (Å²) in [5.41, 5.74) is 10.4. The molecule has 0 unspecified atom stereocenters. The number of nitrogens with two attached hydrogens (primary N) is 1. The summed E-state index contributed by atoms with van der Waals surface area (Å²) < 4.78 is 5.33. The maximum atomic E-state index is 12.7. The normalized spacial score (nSPS) is 12.1. The molecule has 2 rings (SSSR count). The van der Waals surface area contributed by atoms with Crippen LogP contribution in [0.4, 0.5) is 4.79 Å². The molecule has 0 fully saturated rings. The number of hydrogen-bond acceptors (Lipinski definition) is 5. The van der Waals surface area contributed by atoms with Crippen molar-refractivity contribution >= 4 is 12.0 Å². The molecule has 0 radical (unpaired) electrons. The lowest BCUT2D eigenvalue weighted by Gasteiger charge is -2.23. The second-order valence-electron chi connectivity index (χ2n) is 8.98. The van der Waals surface area contributed by atoms with Gasteiger partial charge in [0.1, 0.15) is 11.6 Å². The van der Waals surface area contributed by atoms with Crippen LogP contribution in [0.25, 0.3) is 11.1 Å². The third-order valence-corrected chi connectivity index (χ3v) is 4.88. The van der Waals surface area contributed by atoms with Crippen LogP contribution in [0.15, 0.2) is 54.6 Å². The van der Waals surface area contributed by atoms with E-state index in [4.69, 9.17) is 15.3 Å². The van der Waals surface area contributed by atoms with Gasteiger partial charge < -0.3 is 15.8 Å². The number of hydrogen-bond donors (Lipinski definition) is 3. The molecule has 0 heterocycles. The highest BCUT2D eigenvalue weighted by Gasteiger charge is 2.25. The van der Waals surface area contributed by atoms with E-state index in [1.54, 1.807) is 20.8 Å². The first-order valence-corrected chi connectivity index (χ1v) is 11.5. The Balaban J connectivity index is 1.98. The van der Waals surface area contributed by atoms with E-state index in [9.17, 15) is 9.59 Å². The average molecular weight is 456 g/mol. The summed E-state index contributed by atoms with van der Waals surface area (Å²) in [5.74, 6) is -0.421. The molecule has 0 aromatic heterocycles. The van der Waals surface area contributed by atoms with Crippen molar-refractivity contribution in [2.24, 2.45) is 5.73 Å². The fraction of sp³-hybridized carbons (Fsp3) is 0.462. The van der Waals surface area contributed by atoms with E-state index in [-0.39, 0.29) is 0 Å². The second-order valence-corrected chi connectivity index (χ2v) is 8.98. The number of benzene rings is 2. The Labute approximate surface area is 197 Å². The van der Waals surface area contributed by atoms with Crippen molar-refractivity contribution in [2.45, 2.75) is 64.5 Å². The fourth-order valence-corrected chi connectivity index (χ4v) is 3.22. The Bertz CT molecular complexity index is 848. The van der Waals surface area contributed by atoms with Crippen LogP contribution in [-0.4, -0.2) is 36.8 Å². The Morgan fingerprint density at radius 3 is 2.18 bits per heavy atom. The van der Waals surface area contributed by atoms with Gasteiger partial charge in [0, 0.05) is 6.42 Å². The molecule has 0 aliphatic rings. The lowest BCUT2D eigenvalue weighted by atomic mass is 10.0. The molecule has 180 valence electrons. The molecule has 0 bridgehead atoms. The maximum absolute atomic E-state index is 12.7. The SMILES string of the molecule is CC(C)(C)OC(=O)N[C@H](Cc1ccc(-c2ccccc2)cc1)C(=O)NOCCCCCCN. The van der Waals surface area contributed by atoms with E-state index < -0.39 is 23.6 Å². The summed E-state index contributed by atoms with van der Waals surface area (Å²) >= 11 is 0. The maximum Gasteiger partial charge on any atom is 0.408 e. The molecule has 7 nitrogen and oxygen atoms in total. The summed E-state index contributed by atoms with van der Waals surface area (Å²) in [4.78, 5) is 30.4. The van der Waals surface area contributed by atoms with Gasteiger partial charge in [0.05, 0.1) is 6.61 Å². The average Bonchev–Trinajstić information content (AvgIpc) is 2.78. The van der Waals surface area contributed by atoms with Gasteiger partial charge in [-0.1, -0.05) is 67.4 Å². The van der Waals surface area contributed by atoms with E-state index >= 15 is 0 Å². The first-order valence-electron chi connectivity index (χ1n) is 11.5. The fourth-order valence-electron chi connectivity index (χ4n) is 3.22. The van der Waals surface area contributed by atoms with Gasteiger partial charge >= 0.3 is 6.09 Å². The van der Waals surface area contributed by atoms with Crippen LogP contribution < -0.4 is 16.5 Å². The van der Waals surface area contributed by atoms with E-state index in [1.807, 2.05) is 54.6 Å². The summed E-state index contributed by atoms with van der Waals surface area (Å²) in [7, 11) is 0. The van der Waals surface area contributed by atoms with Crippen LogP contribution in [0.1, 0.15) is 52.0 Å². The molecule has 2 aromatic carbocycles. The van der Waals surface area contributed by atoms with Crippen molar-refractivity contribution in [1.82, 2.24) is 10.8 Å². The molecule has 2 aromatic rings. The zero-order valence-electron chi connectivity index (χ0n) is 19.9. The molecule has 0 saturated heterocycles. The minimum absolute atomic E-state index is 0.306. The molecule has 7 heteroatoms. The number of hydroxylamine groups is 1. The minimum atomic E-state index is -0.834. The zero-order valence-corrected chi connectivity index (χ0v) is 19.9. The molecular weight excluding hydrogens is 418 g/mol.